The van der Waals surface area contributed by atoms with Crippen molar-refractivity contribution in [2.24, 2.45) is 5.92 Å². The van der Waals surface area contributed by atoms with Crippen LogP contribution in [0.3, 0.4) is 0 Å². The summed E-state index contributed by atoms with van der Waals surface area (Å²) in [6.45, 7) is 2.04. The fourth-order valence-corrected chi connectivity index (χ4v) is 3.53. The van der Waals surface area contributed by atoms with E-state index in [1.165, 1.54) is 32.1 Å². The van der Waals surface area contributed by atoms with Crippen molar-refractivity contribution in [1.29, 1.82) is 5.26 Å². The normalized spacial score (nSPS) is 22.0. The summed E-state index contributed by atoms with van der Waals surface area (Å²) in [7, 11) is 0. The van der Waals surface area contributed by atoms with Gasteiger partial charge < -0.3 is 9.47 Å². The van der Waals surface area contributed by atoms with E-state index >= 15 is 0 Å². The van der Waals surface area contributed by atoms with Crippen LogP contribution in [0.25, 0.3) is 0 Å². The molecule has 2 aliphatic rings. The maximum Gasteiger partial charge on any atom is 0.213 e. The van der Waals surface area contributed by atoms with Crippen molar-refractivity contribution in [2.45, 2.75) is 50.4 Å². The van der Waals surface area contributed by atoms with Crippen LogP contribution < -0.4 is 4.74 Å². The quantitative estimate of drug-likeness (QED) is 0.852. The molecule has 0 spiro atoms. The molecule has 0 radical (unpaired) electrons. The van der Waals surface area contributed by atoms with Gasteiger partial charge in [0.05, 0.1) is 18.1 Å². The Kier molecular flexibility index (Phi) is 4.94. The van der Waals surface area contributed by atoms with Crippen molar-refractivity contribution in [2.75, 3.05) is 19.8 Å². The van der Waals surface area contributed by atoms with Crippen LogP contribution in [-0.2, 0) is 10.2 Å². The molecule has 1 aliphatic heterocycles. The molecule has 0 atom stereocenters. The predicted molar refractivity (Wildman–Crippen MR) is 83.7 cm³/mol. The van der Waals surface area contributed by atoms with Crippen LogP contribution >= 0.6 is 0 Å². The zero-order valence-electron chi connectivity index (χ0n) is 13.1. The number of aromatic nitrogens is 1. The summed E-state index contributed by atoms with van der Waals surface area (Å²) in [4.78, 5) is 4.32. The SMILES string of the molecule is N#CC1(c2ccnc(OCC3CCCCC3)c2)CCOCC1. The van der Waals surface area contributed by atoms with Crippen LogP contribution in [0, 0.1) is 17.2 Å². The second-order valence-electron chi connectivity index (χ2n) is 6.50. The third-order valence-corrected chi connectivity index (χ3v) is 5.04. The molecular formula is C18H24N2O2. The van der Waals surface area contributed by atoms with Gasteiger partial charge in [-0.15, -0.1) is 0 Å². The number of hydrogen-bond acceptors (Lipinski definition) is 4. The van der Waals surface area contributed by atoms with Gasteiger partial charge in [-0.1, -0.05) is 19.3 Å². The Bertz CT molecular complexity index is 526. The predicted octanol–water partition coefficient (Wildman–Crippen LogP) is 3.61. The molecule has 4 nitrogen and oxygen atoms in total. The van der Waals surface area contributed by atoms with Crippen molar-refractivity contribution in [1.82, 2.24) is 4.98 Å². The van der Waals surface area contributed by atoms with Crippen LogP contribution in [0.4, 0.5) is 0 Å². The largest absolute Gasteiger partial charge is 0.477 e. The molecule has 0 bridgehead atoms. The summed E-state index contributed by atoms with van der Waals surface area (Å²) in [5.74, 6) is 1.32. The van der Waals surface area contributed by atoms with Gasteiger partial charge in [-0.2, -0.15) is 5.26 Å². The van der Waals surface area contributed by atoms with E-state index in [0.29, 0.717) is 25.0 Å². The fraction of sp³-hybridized carbons (Fsp3) is 0.667. The zero-order valence-corrected chi connectivity index (χ0v) is 13.1. The Morgan fingerprint density at radius 1 is 1.27 bits per heavy atom. The molecule has 2 heterocycles. The molecule has 0 aromatic carbocycles. The van der Waals surface area contributed by atoms with E-state index < -0.39 is 5.41 Å². The summed E-state index contributed by atoms with van der Waals surface area (Å²) in [5, 5.41) is 9.65. The summed E-state index contributed by atoms with van der Waals surface area (Å²) >= 11 is 0. The first-order valence-electron chi connectivity index (χ1n) is 8.41. The number of ether oxygens (including phenoxy) is 2. The first kappa shape index (κ1) is 15.3. The van der Waals surface area contributed by atoms with E-state index in [4.69, 9.17) is 9.47 Å². The molecule has 1 saturated heterocycles. The average molecular weight is 300 g/mol. The molecule has 1 aliphatic carbocycles. The molecular weight excluding hydrogens is 276 g/mol. The second kappa shape index (κ2) is 7.11. The van der Waals surface area contributed by atoms with Crippen LogP contribution in [0.1, 0.15) is 50.5 Å². The van der Waals surface area contributed by atoms with Crippen molar-refractivity contribution in [3.05, 3.63) is 23.9 Å². The number of pyridine rings is 1. The molecule has 3 rings (SSSR count). The Morgan fingerprint density at radius 2 is 2.05 bits per heavy atom. The van der Waals surface area contributed by atoms with Crippen molar-refractivity contribution in [3.8, 4) is 11.9 Å². The standard InChI is InChI=1S/C18H24N2O2/c19-14-18(7-10-21-11-8-18)16-6-9-20-17(12-16)22-13-15-4-2-1-3-5-15/h6,9,12,15H,1-5,7-8,10-11,13H2. The summed E-state index contributed by atoms with van der Waals surface area (Å²) in [6, 6.07) is 6.41. The van der Waals surface area contributed by atoms with Gasteiger partial charge in [0.15, 0.2) is 0 Å². The van der Waals surface area contributed by atoms with Gasteiger partial charge in [0.25, 0.3) is 0 Å². The highest BCUT2D eigenvalue weighted by Gasteiger charge is 2.35. The van der Waals surface area contributed by atoms with E-state index in [1.807, 2.05) is 12.1 Å². The summed E-state index contributed by atoms with van der Waals surface area (Å²) < 4.78 is 11.3. The third kappa shape index (κ3) is 3.41. The highest BCUT2D eigenvalue weighted by atomic mass is 16.5. The summed E-state index contributed by atoms with van der Waals surface area (Å²) in [5.41, 5.74) is 0.580. The van der Waals surface area contributed by atoms with Gasteiger partial charge in [0.2, 0.25) is 5.88 Å². The topological polar surface area (TPSA) is 55.1 Å². The zero-order chi connectivity index (χ0) is 15.3. The molecule has 22 heavy (non-hydrogen) atoms. The lowest BCUT2D eigenvalue weighted by atomic mass is 9.76. The first-order chi connectivity index (χ1) is 10.8. The third-order valence-electron chi connectivity index (χ3n) is 5.04. The molecule has 0 unspecified atom stereocenters. The van der Waals surface area contributed by atoms with E-state index in [-0.39, 0.29) is 0 Å². The molecule has 118 valence electrons. The van der Waals surface area contributed by atoms with Gasteiger partial charge >= 0.3 is 0 Å². The average Bonchev–Trinajstić information content (AvgIpc) is 2.62. The number of nitrogens with zero attached hydrogens (tertiary/aromatic N) is 2. The Balaban J connectivity index is 1.67. The maximum absolute atomic E-state index is 9.65. The Morgan fingerprint density at radius 3 is 2.77 bits per heavy atom. The fourth-order valence-electron chi connectivity index (χ4n) is 3.53. The van der Waals surface area contributed by atoms with Gasteiger partial charge in [-0.05, 0) is 43.2 Å². The van der Waals surface area contributed by atoms with Crippen molar-refractivity contribution < 1.29 is 9.47 Å². The Labute approximate surface area is 132 Å². The highest BCUT2D eigenvalue weighted by molar-refractivity contribution is 5.35. The van der Waals surface area contributed by atoms with Crippen LogP contribution in [-0.4, -0.2) is 24.8 Å². The maximum atomic E-state index is 9.65. The van der Waals surface area contributed by atoms with Crippen LogP contribution in [0.5, 0.6) is 5.88 Å². The van der Waals surface area contributed by atoms with Gasteiger partial charge in [0.1, 0.15) is 0 Å². The summed E-state index contributed by atoms with van der Waals surface area (Å²) in [6.07, 6.45) is 9.78. The van der Waals surface area contributed by atoms with E-state index in [2.05, 4.69) is 11.1 Å². The van der Waals surface area contributed by atoms with Crippen LogP contribution in [0.15, 0.2) is 18.3 Å². The minimum atomic E-state index is -0.440. The Hall–Kier alpha value is -1.60. The van der Waals surface area contributed by atoms with Gasteiger partial charge in [-0.3, -0.25) is 0 Å². The molecule has 0 N–H and O–H groups in total. The lowest BCUT2D eigenvalue weighted by molar-refractivity contribution is 0.0674. The second-order valence-corrected chi connectivity index (χ2v) is 6.50. The van der Waals surface area contributed by atoms with Crippen molar-refractivity contribution in [3.63, 3.8) is 0 Å². The van der Waals surface area contributed by atoms with Gasteiger partial charge in [0, 0.05) is 25.5 Å². The van der Waals surface area contributed by atoms with E-state index in [9.17, 15) is 5.26 Å². The van der Waals surface area contributed by atoms with E-state index in [1.54, 1.807) is 6.20 Å². The lowest BCUT2D eigenvalue weighted by Crippen LogP contribution is -2.32. The molecule has 1 saturated carbocycles. The van der Waals surface area contributed by atoms with Gasteiger partial charge in [-0.25, -0.2) is 4.98 Å². The molecule has 2 fully saturated rings. The molecule has 1 aromatic rings. The molecule has 1 aromatic heterocycles. The molecule has 0 amide bonds. The number of rotatable bonds is 4. The highest BCUT2D eigenvalue weighted by Crippen LogP contribution is 2.35. The van der Waals surface area contributed by atoms with Crippen LogP contribution in [0.2, 0.25) is 0 Å². The number of hydrogen-bond donors (Lipinski definition) is 0. The smallest absolute Gasteiger partial charge is 0.213 e. The first-order valence-corrected chi connectivity index (χ1v) is 8.41. The molecule has 4 heteroatoms. The number of nitriles is 1. The monoisotopic (exact) mass is 300 g/mol. The lowest BCUT2D eigenvalue weighted by Gasteiger charge is -2.31. The van der Waals surface area contributed by atoms with E-state index in [0.717, 1.165) is 25.0 Å². The minimum Gasteiger partial charge on any atom is -0.477 e. The minimum absolute atomic E-state index is 0.440. The van der Waals surface area contributed by atoms with Crippen molar-refractivity contribution >= 4 is 0 Å².